The molecule has 88 valence electrons. The van der Waals surface area contributed by atoms with Gasteiger partial charge in [-0.2, -0.15) is 0 Å². The van der Waals surface area contributed by atoms with Gasteiger partial charge in [0.2, 0.25) is 0 Å². The molecule has 1 aromatic heterocycles. The highest BCUT2D eigenvalue weighted by Crippen LogP contribution is 2.23. The van der Waals surface area contributed by atoms with Crippen LogP contribution in [0.15, 0.2) is 30.6 Å². The van der Waals surface area contributed by atoms with Crippen LogP contribution in [0.25, 0.3) is 11.4 Å². The van der Waals surface area contributed by atoms with Crippen molar-refractivity contribution < 1.29 is 9.90 Å². The standard InChI is InChI=1S/C12H13N3O2/c1-8(2)15-7-13-14-11(15)9-5-3-4-6-10(9)12(16)17/h3-8H,1-2H3,(H,16,17). The first-order valence-electron chi connectivity index (χ1n) is 5.33. The van der Waals surface area contributed by atoms with Gasteiger partial charge in [-0.15, -0.1) is 10.2 Å². The number of carboxylic acids is 1. The number of aromatic nitrogens is 3. The van der Waals surface area contributed by atoms with E-state index in [1.165, 1.54) is 0 Å². The van der Waals surface area contributed by atoms with Gasteiger partial charge in [0.1, 0.15) is 6.33 Å². The lowest BCUT2D eigenvalue weighted by Gasteiger charge is -2.11. The average molecular weight is 231 g/mol. The SMILES string of the molecule is CC(C)n1cnnc1-c1ccccc1C(=O)O. The predicted molar refractivity (Wildman–Crippen MR) is 62.8 cm³/mol. The Kier molecular flexibility index (Phi) is 2.91. The van der Waals surface area contributed by atoms with Gasteiger partial charge < -0.3 is 9.67 Å². The molecule has 0 saturated heterocycles. The van der Waals surface area contributed by atoms with Crippen molar-refractivity contribution >= 4 is 5.97 Å². The highest BCUT2D eigenvalue weighted by Gasteiger charge is 2.16. The van der Waals surface area contributed by atoms with Crippen LogP contribution in [-0.2, 0) is 0 Å². The number of rotatable bonds is 3. The van der Waals surface area contributed by atoms with Crippen molar-refractivity contribution in [3.63, 3.8) is 0 Å². The molecule has 1 heterocycles. The summed E-state index contributed by atoms with van der Waals surface area (Å²) in [5.41, 5.74) is 0.827. The maximum Gasteiger partial charge on any atom is 0.336 e. The summed E-state index contributed by atoms with van der Waals surface area (Å²) in [5.74, 6) is -0.378. The molecule has 0 aliphatic heterocycles. The third-order valence-corrected chi connectivity index (χ3v) is 2.53. The first-order chi connectivity index (χ1) is 8.11. The molecule has 0 bridgehead atoms. The quantitative estimate of drug-likeness (QED) is 0.879. The lowest BCUT2D eigenvalue weighted by atomic mass is 10.1. The normalized spacial score (nSPS) is 10.8. The molecule has 0 aliphatic carbocycles. The zero-order valence-electron chi connectivity index (χ0n) is 9.66. The molecule has 5 heteroatoms. The molecular weight excluding hydrogens is 218 g/mol. The molecule has 1 aromatic carbocycles. The first kappa shape index (κ1) is 11.3. The molecule has 2 rings (SSSR count). The Balaban J connectivity index is 2.60. The van der Waals surface area contributed by atoms with Crippen LogP contribution in [0.1, 0.15) is 30.2 Å². The predicted octanol–water partition coefficient (Wildman–Crippen LogP) is 2.22. The van der Waals surface area contributed by atoms with Crippen LogP contribution in [0, 0.1) is 0 Å². The van der Waals surface area contributed by atoms with Crippen molar-refractivity contribution in [2.24, 2.45) is 0 Å². The summed E-state index contributed by atoms with van der Waals surface area (Å²) < 4.78 is 1.85. The zero-order valence-corrected chi connectivity index (χ0v) is 9.66. The second kappa shape index (κ2) is 4.37. The summed E-state index contributed by atoms with van der Waals surface area (Å²) in [6, 6.07) is 6.98. The highest BCUT2D eigenvalue weighted by atomic mass is 16.4. The molecule has 0 unspecified atom stereocenters. The van der Waals surface area contributed by atoms with E-state index in [1.807, 2.05) is 18.4 Å². The molecule has 0 radical (unpaired) electrons. The maximum absolute atomic E-state index is 11.1. The van der Waals surface area contributed by atoms with Gasteiger partial charge in [-0.3, -0.25) is 0 Å². The number of hydrogen-bond donors (Lipinski definition) is 1. The number of carboxylic acid groups (broad SMARTS) is 1. The molecule has 0 aliphatic rings. The van der Waals surface area contributed by atoms with Crippen molar-refractivity contribution in [2.45, 2.75) is 19.9 Å². The van der Waals surface area contributed by atoms with Crippen LogP contribution < -0.4 is 0 Å². The fourth-order valence-electron chi connectivity index (χ4n) is 1.68. The minimum atomic E-state index is -0.959. The number of hydrogen-bond acceptors (Lipinski definition) is 3. The topological polar surface area (TPSA) is 68.0 Å². The van der Waals surface area contributed by atoms with Gasteiger partial charge in [-0.25, -0.2) is 4.79 Å². The number of benzene rings is 1. The lowest BCUT2D eigenvalue weighted by Crippen LogP contribution is -2.06. The van der Waals surface area contributed by atoms with Crippen LogP contribution in [0.2, 0.25) is 0 Å². The van der Waals surface area contributed by atoms with Crippen LogP contribution >= 0.6 is 0 Å². The Hall–Kier alpha value is -2.17. The minimum absolute atomic E-state index is 0.182. The van der Waals surface area contributed by atoms with E-state index in [0.717, 1.165) is 0 Å². The van der Waals surface area contributed by atoms with Gasteiger partial charge in [-0.05, 0) is 19.9 Å². The van der Waals surface area contributed by atoms with Gasteiger partial charge in [-0.1, -0.05) is 18.2 Å². The van der Waals surface area contributed by atoms with Crippen LogP contribution in [0.4, 0.5) is 0 Å². The summed E-state index contributed by atoms with van der Waals surface area (Å²) in [5, 5.41) is 17.0. The van der Waals surface area contributed by atoms with E-state index in [9.17, 15) is 4.79 Å². The zero-order chi connectivity index (χ0) is 12.4. The van der Waals surface area contributed by atoms with E-state index in [1.54, 1.807) is 30.6 Å². The van der Waals surface area contributed by atoms with E-state index < -0.39 is 5.97 Å². The van der Waals surface area contributed by atoms with Gasteiger partial charge >= 0.3 is 5.97 Å². The van der Waals surface area contributed by atoms with E-state index in [0.29, 0.717) is 11.4 Å². The van der Waals surface area contributed by atoms with E-state index in [2.05, 4.69) is 10.2 Å². The van der Waals surface area contributed by atoms with E-state index in [4.69, 9.17) is 5.11 Å². The van der Waals surface area contributed by atoms with Crippen LogP contribution in [0.3, 0.4) is 0 Å². The summed E-state index contributed by atoms with van der Waals surface area (Å²) in [6.07, 6.45) is 1.61. The molecule has 5 nitrogen and oxygen atoms in total. The van der Waals surface area contributed by atoms with Gasteiger partial charge in [0, 0.05) is 11.6 Å². The van der Waals surface area contributed by atoms with Crippen molar-refractivity contribution in [1.82, 2.24) is 14.8 Å². The Morgan fingerprint density at radius 2 is 2.06 bits per heavy atom. The van der Waals surface area contributed by atoms with E-state index >= 15 is 0 Å². The fourth-order valence-corrected chi connectivity index (χ4v) is 1.68. The lowest BCUT2D eigenvalue weighted by molar-refractivity contribution is 0.0697. The Morgan fingerprint density at radius 3 is 2.71 bits per heavy atom. The molecule has 0 saturated carbocycles. The Morgan fingerprint density at radius 1 is 1.35 bits per heavy atom. The molecule has 0 fully saturated rings. The molecule has 0 amide bonds. The van der Waals surface area contributed by atoms with Gasteiger partial charge in [0.25, 0.3) is 0 Å². The molecule has 2 aromatic rings. The Bertz CT molecular complexity index is 546. The van der Waals surface area contributed by atoms with Crippen molar-refractivity contribution in [3.8, 4) is 11.4 Å². The average Bonchev–Trinajstić information content (AvgIpc) is 2.77. The number of aromatic carboxylic acids is 1. The minimum Gasteiger partial charge on any atom is -0.478 e. The molecular formula is C12H13N3O2. The largest absolute Gasteiger partial charge is 0.478 e. The second-order valence-electron chi connectivity index (χ2n) is 4.01. The van der Waals surface area contributed by atoms with Gasteiger partial charge in [0.15, 0.2) is 5.82 Å². The van der Waals surface area contributed by atoms with Crippen molar-refractivity contribution in [1.29, 1.82) is 0 Å². The first-order valence-corrected chi connectivity index (χ1v) is 5.33. The second-order valence-corrected chi connectivity index (χ2v) is 4.01. The van der Waals surface area contributed by atoms with Crippen LogP contribution in [0.5, 0.6) is 0 Å². The summed E-state index contributed by atoms with van der Waals surface area (Å²) in [6.45, 7) is 3.99. The summed E-state index contributed by atoms with van der Waals surface area (Å²) >= 11 is 0. The molecule has 17 heavy (non-hydrogen) atoms. The monoisotopic (exact) mass is 231 g/mol. The smallest absolute Gasteiger partial charge is 0.336 e. The summed E-state index contributed by atoms with van der Waals surface area (Å²) in [7, 11) is 0. The van der Waals surface area contributed by atoms with Crippen molar-refractivity contribution in [3.05, 3.63) is 36.2 Å². The highest BCUT2D eigenvalue weighted by molar-refractivity contribution is 5.94. The van der Waals surface area contributed by atoms with Crippen molar-refractivity contribution in [2.75, 3.05) is 0 Å². The molecule has 1 N–H and O–H groups in total. The third kappa shape index (κ3) is 2.04. The fraction of sp³-hybridized carbons (Fsp3) is 0.250. The number of nitrogens with zero attached hydrogens (tertiary/aromatic N) is 3. The van der Waals surface area contributed by atoms with Crippen LogP contribution in [-0.4, -0.2) is 25.8 Å². The summed E-state index contributed by atoms with van der Waals surface area (Å²) in [4.78, 5) is 11.1. The third-order valence-electron chi connectivity index (χ3n) is 2.53. The van der Waals surface area contributed by atoms with Gasteiger partial charge in [0.05, 0.1) is 5.56 Å². The van der Waals surface area contributed by atoms with E-state index in [-0.39, 0.29) is 11.6 Å². The molecule has 0 atom stereocenters. The maximum atomic E-state index is 11.1. The number of carbonyl (C=O) groups is 1. The Labute approximate surface area is 98.7 Å². The molecule has 0 spiro atoms.